The Morgan fingerprint density at radius 1 is 0.939 bits per heavy atom. The predicted octanol–water partition coefficient (Wildman–Crippen LogP) is 4.74. The lowest BCUT2D eigenvalue weighted by molar-refractivity contribution is -0.136. The average molecular weight is 510 g/mol. The van der Waals surface area contributed by atoms with E-state index < -0.39 is 11.8 Å². The normalized spacial score (nSPS) is 10.7. The van der Waals surface area contributed by atoms with Gasteiger partial charge >= 0.3 is 11.8 Å². The topological polar surface area (TPSA) is 89.0 Å². The maximum absolute atomic E-state index is 12.1. The number of hydrogen-bond donors (Lipinski definition) is 2. The van der Waals surface area contributed by atoms with E-state index in [0.717, 1.165) is 21.2 Å². The number of halogens is 1. The summed E-state index contributed by atoms with van der Waals surface area (Å²) in [5, 5.41) is 6.41. The molecule has 0 atom stereocenters. The van der Waals surface area contributed by atoms with E-state index in [1.165, 1.54) is 6.21 Å². The smallest absolute Gasteiger partial charge is 0.329 e. The van der Waals surface area contributed by atoms with Crippen molar-refractivity contribution < 1.29 is 19.1 Å². The first-order valence-electron chi connectivity index (χ1n) is 10.1. The van der Waals surface area contributed by atoms with Crippen LogP contribution in [0.5, 0.6) is 11.5 Å². The summed E-state index contributed by atoms with van der Waals surface area (Å²) in [5.41, 5.74) is 6.57. The van der Waals surface area contributed by atoms with E-state index in [1.807, 2.05) is 44.2 Å². The molecular weight excluding hydrogens is 486 g/mol. The molecule has 0 unspecified atom stereocenters. The number of amides is 2. The van der Waals surface area contributed by atoms with Gasteiger partial charge in [0, 0.05) is 10.2 Å². The summed E-state index contributed by atoms with van der Waals surface area (Å²) in [6, 6.07) is 18.5. The molecule has 0 aromatic heterocycles. The van der Waals surface area contributed by atoms with Crippen molar-refractivity contribution in [2.45, 2.75) is 20.5 Å². The number of aryl methyl sites for hydroxylation is 2. The predicted molar refractivity (Wildman–Crippen MR) is 132 cm³/mol. The van der Waals surface area contributed by atoms with Gasteiger partial charge in [0.1, 0.15) is 6.61 Å². The molecule has 33 heavy (non-hydrogen) atoms. The molecule has 170 valence electrons. The fourth-order valence-corrected chi connectivity index (χ4v) is 3.11. The highest BCUT2D eigenvalue weighted by Gasteiger charge is 2.13. The fraction of sp³-hybridized carbons (Fsp3) is 0.160. The van der Waals surface area contributed by atoms with Gasteiger partial charge in [0.15, 0.2) is 11.5 Å². The van der Waals surface area contributed by atoms with E-state index in [-0.39, 0.29) is 0 Å². The maximum atomic E-state index is 12.1. The summed E-state index contributed by atoms with van der Waals surface area (Å²) < 4.78 is 12.2. The first kappa shape index (κ1) is 24.0. The van der Waals surface area contributed by atoms with Gasteiger partial charge in [-0.05, 0) is 78.6 Å². The molecule has 7 nitrogen and oxygen atoms in total. The molecule has 0 aliphatic rings. The molecule has 3 aromatic carbocycles. The number of rotatable bonds is 7. The van der Waals surface area contributed by atoms with Crippen molar-refractivity contribution in [3.8, 4) is 11.5 Å². The largest absolute Gasteiger partial charge is 0.493 e. The third kappa shape index (κ3) is 6.92. The summed E-state index contributed by atoms with van der Waals surface area (Å²) in [4.78, 5) is 24.1. The number of nitrogens with zero attached hydrogens (tertiary/aromatic N) is 1. The summed E-state index contributed by atoms with van der Waals surface area (Å²) in [6.45, 7) is 4.29. The van der Waals surface area contributed by atoms with Gasteiger partial charge in [0.25, 0.3) is 0 Å². The zero-order valence-corrected chi connectivity index (χ0v) is 20.1. The number of hydrogen-bond acceptors (Lipinski definition) is 5. The van der Waals surface area contributed by atoms with Crippen LogP contribution in [0.1, 0.15) is 22.3 Å². The Morgan fingerprint density at radius 3 is 2.39 bits per heavy atom. The van der Waals surface area contributed by atoms with Gasteiger partial charge in [-0.2, -0.15) is 5.10 Å². The van der Waals surface area contributed by atoms with Crippen LogP contribution >= 0.6 is 15.9 Å². The van der Waals surface area contributed by atoms with Crippen LogP contribution in [0, 0.1) is 13.8 Å². The molecule has 0 aliphatic heterocycles. The number of carbonyl (C=O) groups excluding carboxylic acids is 2. The minimum absolute atomic E-state index is 0.392. The molecule has 0 fully saturated rings. The molecule has 3 rings (SSSR count). The number of methoxy groups -OCH3 is 1. The molecule has 0 bridgehead atoms. The molecule has 0 spiro atoms. The standard InChI is InChI=1S/C25H24BrN3O4/c1-16-4-10-21(12-17(16)2)28-24(30)25(31)29-27-14-19-7-11-22(23(13-19)32-3)33-15-18-5-8-20(26)9-6-18/h4-14H,15H2,1-3H3,(H,28,30)(H,29,31)/b27-14-. The second-order valence-electron chi connectivity index (χ2n) is 7.28. The van der Waals surface area contributed by atoms with Gasteiger partial charge in [-0.3, -0.25) is 9.59 Å². The van der Waals surface area contributed by atoms with Crippen molar-refractivity contribution in [3.05, 3.63) is 87.4 Å². The second kappa shape index (κ2) is 11.3. The summed E-state index contributed by atoms with van der Waals surface area (Å²) >= 11 is 3.41. The highest BCUT2D eigenvalue weighted by atomic mass is 79.9. The highest BCUT2D eigenvalue weighted by Crippen LogP contribution is 2.28. The Labute approximate surface area is 200 Å². The molecule has 0 saturated heterocycles. The Morgan fingerprint density at radius 2 is 1.70 bits per heavy atom. The van der Waals surface area contributed by atoms with E-state index in [2.05, 4.69) is 31.8 Å². The second-order valence-corrected chi connectivity index (χ2v) is 8.19. The van der Waals surface area contributed by atoms with E-state index in [9.17, 15) is 9.59 Å². The molecular formula is C25H24BrN3O4. The minimum atomic E-state index is -0.870. The molecule has 2 N–H and O–H groups in total. The Balaban J connectivity index is 1.56. The van der Waals surface area contributed by atoms with Crippen LogP contribution in [0.3, 0.4) is 0 Å². The first-order chi connectivity index (χ1) is 15.9. The number of hydrazone groups is 1. The van der Waals surface area contributed by atoms with Crippen LogP contribution in [-0.2, 0) is 16.2 Å². The SMILES string of the molecule is COc1cc(/C=N\NC(=O)C(=O)Nc2ccc(C)c(C)c2)ccc1OCc1ccc(Br)cc1. The van der Waals surface area contributed by atoms with Crippen LogP contribution in [0.4, 0.5) is 5.69 Å². The molecule has 2 amide bonds. The van der Waals surface area contributed by atoms with E-state index >= 15 is 0 Å². The quantitative estimate of drug-likeness (QED) is 0.273. The molecule has 8 heteroatoms. The third-order valence-corrected chi connectivity index (χ3v) is 5.37. The van der Waals surface area contributed by atoms with E-state index in [0.29, 0.717) is 29.4 Å². The van der Waals surface area contributed by atoms with Crippen LogP contribution in [0.25, 0.3) is 0 Å². The first-order valence-corrected chi connectivity index (χ1v) is 10.9. The van der Waals surface area contributed by atoms with Gasteiger partial charge in [0.05, 0.1) is 13.3 Å². The highest BCUT2D eigenvalue weighted by molar-refractivity contribution is 9.10. The van der Waals surface area contributed by atoms with Crippen molar-refractivity contribution in [2.75, 3.05) is 12.4 Å². The van der Waals surface area contributed by atoms with Crippen LogP contribution in [0.2, 0.25) is 0 Å². The Bertz CT molecular complexity index is 1180. The van der Waals surface area contributed by atoms with Gasteiger partial charge in [-0.15, -0.1) is 0 Å². The molecule has 0 saturated carbocycles. The lowest BCUT2D eigenvalue weighted by atomic mass is 10.1. The fourth-order valence-electron chi connectivity index (χ4n) is 2.85. The minimum Gasteiger partial charge on any atom is -0.493 e. The third-order valence-electron chi connectivity index (χ3n) is 4.85. The van der Waals surface area contributed by atoms with Gasteiger partial charge in [-0.1, -0.05) is 34.1 Å². The van der Waals surface area contributed by atoms with E-state index in [1.54, 1.807) is 37.4 Å². The zero-order chi connectivity index (χ0) is 23.8. The lowest BCUT2D eigenvalue weighted by Crippen LogP contribution is -2.32. The zero-order valence-electron chi connectivity index (χ0n) is 18.5. The van der Waals surface area contributed by atoms with Crippen molar-refractivity contribution in [1.29, 1.82) is 0 Å². The van der Waals surface area contributed by atoms with Crippen molar-refractivity contribution in [2.24, 2.45) is 5.10 Å². The number of nitrogens with one attached hydrogen (secondary N) is 2. The molecule has 0 heterocycles. The lowest BCUT2D eigenvalue weighted by Gasteiger charge is -2.11. The summed E-state index contributed by atoms with van der Waals surface area (Å²) in [5.74, 6) is -0.570. The van der Waals surface area contributed by atoms with Crippen LogP contribution in [-0.4, -0.2) is 25.1 Å². The molecule has 3 aromatic rings. The molecule has 0 radical (unpaired) electrons. The number of ether oxygens (including phenoxy) is 2. The van der Waals surface area contributed by atoms with Crippen LogP contribution < -0.4 is 20.2 Å². The van der Waals surface area contributed by atoms with Crippen LogP contribution in [0.15, 0.2) is 70.2 Å². The van der Waals surface area contributed by atoms with Gasteiger partial charge in [-0.25, -0.2) is 5.43 Å². The van der Waals surface area contributed by atoms with E-state index in [4.69, 9.17) is 9.47 Å². The average Bonchev–Trinajstić information content (AvgIpc) is 2.81. The Hall–Kier alpha value is -3.65. The Kier molecular flexibility index (Phi) is 8.21. The number of anilines is 1. The summed E-state index contributed by atoms with van der Waals surface area (Å²) in [6.07, 6.45) is 1.42. The maximum Gasteiger partial charge on any atom is 0.329 e. The number of benzene rings is 3. The van der Waals surface area contributed by atoms with Gasteiger partial charge < -0.3 is 14.8 Å². The van der Waals surface area contributed by atoms with Crippen molar-refractivity contribution in [1.82, 2.24) is 5.43 Å². The summed E-state index contributed by atoms with van der Waals surface area (Å²) in [7, 11) is 1.54. The monoisotopic (exact) mass is 509 g/mol. The molecule has 0 aliphatic carbocycles. The van der Waals surface area contributed by atoms with Gasteiger partial charge in [0.2, 0.25) is 0 Å². The van der Waals surface area contributed by atoms with Crippen molar-refractivity contribution >= 4 is 39.6 Å². The van der Waals surface area contributed by atoms with Crippen molar-refractivity contribution in [3.63, 3.8) is 0 Å². The number of carbonyl (C=O) groups is 2.